The Morgan fingerprint density at radius 3 is 2.16 bits per heavy atom. The summed E-state index contributed by atoms with van der Waals surface area (Å²) in [6.45, 7) is 1.31. The highest BCUT2D eigenvalue weighted by Crippen LogP contribution is 2.33. The van der Waals surface area contributed by atoms with Crippen LogP contribution in [-0.2, 0) is 14.8 Å². The summed E-state index contributed by atoms with van der Waals surface area (Å²) >= 11 is 0. The molecular formula is C26H29N3O7S. The van der Waals surface area contributed by atoms with E-state index in [4.69, 9.17) is 18.9 Å². The quantitative estimate of drug-likeness (QED) is 0.300. The van der Waals surface area contributed by atoms with E-state index in [1.807, 2.05) is 6.92 Å². The van der Waals surface area contributed by atoms with E-state index in [9.17, 15) is 13.2 Å². The number of nitrogens with one attached hydrogen (secondary N) is 1. The van der Waals surface area contributed by atoms with Gasteiger partial charge in [-0.25, -0.2) is 13.8 Å². The van der Waals surface area contributed by atoms with Crippen molar-refractivity contribution in [1.29, 1.82) is 0 Å². The number of hydrazone groups is 1. The molecule has 37 heavy (non-hydrogen) atoms. The number of ether oxygens (including phenoxy) is 4. The van der Waals surface area contributed by atoms with Crippen molar-refractivity contribution >= 4 is 27.8 Å². The van der Waals surface area contributed by atoms with Gasteiger partial charge in [-0.15, -0.1) is 0 Å². The molecule has 0 aliphatic rings. The van der Waals surface area contributed by atoms with Gasteiger partial charge in [-0.2, -0.15) is 5.10 Å². The van der Waals surface area contributed by atoms with Crippen molar-refractivity contribution in [3.8, 4) is 23.0 Å². The van der Waals surface area contributed by atoms with E-state index in [0.717, 1.165) is 9.87 Å². The topological polar surface area (TPSA) is 116 Å². The first-order valence-corrected chi connectivity index (χ1v) is 12.5. The lowest BCUT2D eigenvalue weighted by molar-refractivity contribution is -0.119. The van der Waals surface area contributed by atoms with Gasteiger partial charge in [-0.3, -0.25) is 9.10 Å². The molecular weight excluding hydrogens is 498 g/mol. The first kappa shape index (κ1) is 27.3. The molecule has 0 bridgehead atoms. The minimum Gasteiger partial charge on any atom is -0.497 e. The summed E-state index contributed by atoms with van der Waals surface area (Å²) in [4.78, 5) is 12.9. The van der Waals surface area contributed by atoms with E-state index < -0.39 is 22.5 Å². The van der Waals surface area contributed by atoms with Gasteiger partial charge >= 0.3 is 0 Å². The van der Waals surface area contributed by atoms with E-state index in [1.165, 1.54) is 58.9 Å². The van der Waals surface area contributed by atoms with Crippen molar-refractivity contribution in [2.24, 2.45) is 5.10 Å². The predicted octanol–water partition coefficient (Wildman–Crippen LogP) is 3.38. The number of anilines is 1. The molecule has 11 heteroatoms. The van der Waals surface area contributed by atoms with Crippen LogP contribution in [0, 0.1) is 6.92 Å². The number of benzene rings is 3. The summed E-state index contributed by atoms with van der Waals surface area (Å²) in [6, 6.07) is 16.1. The molecule has 0 aliphatic carbocycles. The maximum Gasteiger partial charge on any atom is 0.264 e. The molecule has 3 aromatic rings. The molecule has 3 aromatic carbocycles. The highest BCUT2D eigenvalue weighted by molar-refractivity contribution is 7.92. The largest absolute Gasteiger partial charge is 0.497 e. The average molecular weight is 528 g/mol. The van der Waals surface area contributed by atoms with Crippen molar-refractivity contribution in [2.75, 3.05) is 39.3 Å². The second-order valence-corrected chi connectivity index (χ2v) is 9.63. The molecule has 196 valence electrons. The second-order valence-electron chi connectivity index (χ2n) is 7.77. The van der Waals surface area contributed by atoms with Crippen molar-refractivity contribution in [2.45, 2.75) is 11.8 Å². The third kappa shape index (κ3) is 6.50. The summed E-state index contributed by atoms with van der Waals surface area (Å²) in [6.07, 6.45) is 1.39. The molecule has 0 fully saturated rings. The monoisotopic (exact) mass is 527 g/mol. The van der Waals surface area contributed by atoms with Gasteiger partial charge in [0.05, 0.1) is 45.2 Å². The van der Waals surface area contributed by atoms with Gasteiger partial charge in [0, 0.05) is 17.7 Å². The van der Waals surface area contributed by atoms with Gasteiger partial charge in [0.2, 0.25) is 0 Å². The normalized spacial score (nSPS) is 11.2. The van der Waals surface area contributed by atoms with E-state index in [2.05, 4.69) is 10.5 Å². The van der Waals surface area contributed by atoms with Gasteiger partial charge in [0.25, 0.3) is 15.9 Å². The van der Waals surface area contributed by atoms with Gasteiger partial charge in [-0.05, 0) is 43.3 Å². The van der Waals surface area contributed by atoms with Gasteiger partial charge in [0.1, 0.15) is 18.0 Å². The second kappa shape index (κ2) is 12.1. The number of amides is 1. The van der Waals surface area contributed by atoms with Crippen LogP contribution in [-0.4, -0.2) is 55.5 Å². The standard InChI is InChI=1S/C26H29N3O7S/c1-18-6-11-22(12-7-18)37(31,32)29(20-9-13-23(34-3)25(14-20)36-5)17-26(30)28-27-16-19-8-10-21(33-2)15-24(19)35-4/h6-16H,17H2,1-5H3,(H,28,30)/b27-16-. The van der Waals surface area contributed by atoms with E-state index >= 15 is 0 Å². The molecule has 0 radical (unpaired) electrons. The molecule has 0 saturated carbocycles. The molecule has 0 heterocycles. The van der Waals surface area contributed by atoms with E-state index in [-0.39, 0.29) is 10.6 Å². The smallest absolute Gasteiger partial charge is 0.264 e. The lowest BCUT2D eigenvalue weighted by Crippen LogP contribution is -2.39. The number of sulfonamides is 1. The third-order valence-corrected chi connectivity index (χ3v) is 7.17. The van der Waals surface area contributed by atoms with Gasteiger partial charge in [0.15, 0.2) is 11.5 Å². The third-order valence-electron chi connectivity index (χ3n) is 5.38. The summed E-state index contributed by atoms with van der Waals surface area (Å²) in [7, 11) is 1.84. The molecule has 0 atom stereocenters. The zero-order valence-electron chi connectivity index (χ0n) is 21.2. The fourth-order valence-electron chi connectivity index (χ4n) is 3.40. The fourth-order valence-corrected chi connectivity index (χ4v) is 4.81. The molecule has 0 unspecified atom stereocenters. The SMILES string of the molecule is COc1ccc(/C=N\NC(=O)CN(c2ccc(OC)c(OC)c2)S(=O)(=O)c2ccc(C)cc2)c(OC)c1. The summed E-state index contributed by atoms with van der Waals surface area (Å²) in [5.41, 5.74) is 4.08. The first-order valence-electron chi connectivity index (χ1n) is 11.1. The number of nitrogens with zero attached hydrogens (tertiary/aromatic N) is 2. The minimum atomic E-state index is -4.12. The summed E-state index contributed by atoms with van der Waals surface area (Å²) in [5, 5.41) is 3.97. The number of carbonyl (C=O) groups excluding carboxylic acids is 1. The average Bonchev–Trinajstić information content (AvgIpc) is 2.91. The Kier molecular flexibility index (Phi) is 8.96. The number of aryl methyl sites for hydroxylation is 1. The Morgan fingerprint density at radius 1 is 0.865 bits per heavy atom. The van der Waals surface area contributed by atoms with Crippen LogP contribution in [0.25, 0.3) is 0 Å². The molecule has 0 aliphatic heterocycles. The highest BCUT2D eigenvalue weighted by atomic mass is 32.2. The van der Waals surface area contributed by atoms with Crippen molar-refractivity contribution in [1.82, 2.24) is 5.43 Å². The van der Waals surface area contributed by atoms with Crippen molar-refractivity contribution in [3.05, 3.63) is 71.8 Å². The van der Waals surface area contributed by atoms with Gasteiger partial charge in [-0.1, -0.05) is 17.7 Å². The van der Waals surface area contributed by atoms with Crippen LogP contribution in [0.15, 0.2) is 70.7 Å². The Balaban J connectivity index is 1.90. The first-order chi connectivity index (χ1) is 17.7. The van der Waals surface area contributed by atoms with E-state index in [0.29, 0.717) is 28.6 Å². The number of methoxy groups -OCH3 is 4. The lowest BCUT2D eigenvalue weighted by atomic mass is 10.2. The van der Waals surface area contributed by atoms with Crippen molar-refractivity contribution in [3.63, 3.8) is 0 Å². The van der Waals surface area contributed by atoms with Crippen LogP contribution in [0.1, 0.15) is 11.1 Å². The van der Waals surface area contributed by atoms with Crippen molar-refractivity contribution < 1.29 is 32.2 Å². The molecule has 0 aromatic heterocycles. The van der Waals surface area contributed by atoms with Crippen LogP contribution < -0.4 is 28.7 Å². The fraction of sp³-hybridized carbons (Fsp3) is 0.231. The zero-order chi connectivity index (χ0) is 27.0. The minimum absolute atomic E-state index is 0.0344. The Hall–Kier alpha value is -4.25. The van der Waals surface area contributed by atoms with Crippen LogP contribution in [0.3, 0.4) is 0 Å². The molecule has 10 nitrogen and oxygen atoms in total. The van der Waals surface area contributed by atoms with Crippen LogP contribution >= 0.6 is 0 Å². The highest BCUT2D eigenvalue weighted by Gasteiger charge is 2.28. The maximum atomic E-state index is 13.6. The molecule has 1 amide bonds. The van der Waals surface area contributed by atoms with Crippen LogP contribution in [0.2, 0.25) is 0 Å². The maximum absolute atomic E-state index is 13.6. The van der Waals surface area contributed by atoms with Gasteiger partial charge < -0.3 is 18.9 Å². The number of rotatable bonds is 11. The molecule has 3 rings (SSSR count). The number of hydrogen-bond donors (Lipinski definition) is 1. The Morgan fingerprint density at radius 2 is 1.54 bits per heavy atom. The zero-order valence-corrected chi connectivity index (χ0v) is 22.0. The number of carbonyl (C=O) groups is 1. The summed E-state index contributed by atoms with van der Waals surface area (Å²) in [5.74, 6) is 1.17. The summed E-state index contributed by atoms with van der Waals surface area (Å²) < 4.78 is 49.2. The lowest BCUT2D eigenvalue weighted by Gasteiger charge is -2.24. The van der Waals surface area contributed by atoms with Crippen LogP contribution in [0.4, 0.5) is 5.69 Å². The van der Waals surface area contributed by atoms with E-state index in [1.54, 1.807) is 36.4 Å². The molecule has 1 N–H and O–H groups in total. The predicted molar refractivity (Wildman–Crippen MR) is 141 cm³/mol. The molecule has 0 spiro atoms. The number of hydrogen-bond acceptors (Lipinski definition) is 8. The van der Waals surface area contributed by atoms with Crippen LogP contribution in [0.5, 0.6) is 23.0 Å². The Bertz CT molecular complexity index is 1370. The molecule has 0 saturated heterocycles. The Labute approximate surface area is 216 Å².